The number of hydrogen-bond donors (Lipinski definition) is 1. The van der Waals surface area contributed by atoms with E-state index in [1.807, 2.05) is 6.92 Å². The number of nitrogens with zero attached hydrogens (tertiary/aromatic N) is 4. The fraction of sp³-hybridized carbons (Fsp3) is 0.567. The van der Waals surface area contributed by atoms with Crippen molar-refractivity contribution in [3.8, 4) is 0 Å². The maximum Gasteiger partial charge on any atom is 0.271 e. The summed E-state index contributed by atoms with van der Waals surface area (Å²) in [5.41, 5.74) is 2.18. The van der Waals surface area contributed by atoms with Crippen molar-refractivity contribution in [3.05, 3.63) is 51.4 Å². The molecular formula is C30H38ClN5O3S. The highest BCUT2D eigenvalue weighted by Crippen LogP contribution is 2.46. The predicted octanol–water partition coefficient (Wildman–Crippen LogP) is 6.04. The first-order valence-electron chi connectivity index (χ1n) is 14.5. The average molecular weight is 584 g/mol. The number of rotatable bonds is 6. The maximum atomic E-state index is 13.6. The van der Waals surface area contributed by atoms with Crippen LogP contribution in [0.3, 0.4) is 0 Å². The summed E-state index contributed by atoms with van der Waals surface area (Å²) < 4.78 is 28.9. The van der Waals surface area contributed by atoms with Crippen molar-refractivity contribution in [1.29, 1.82) is 0 Å². The van der Waals surface area contributed by atoms with Crippen molar-refractivity contribution in [2.45, 2.75) is 94.4 Å². The van der Waals surface area contributed by atoms with Crippen LogP contribution in [0, 0.1) is 12.3 Å². The Labute approximate surface area is 241 Å². The lowest BCUT2D eigenvalue weighted by Crippen LogP contribution is -2.60. The van der Waals surface area contributed by atoms with Gasteiger partial charge < -0.3 is 5.32 Å². The Bertz CT molecular complexity index is 1600. The van der Waals surface area contributed by atoms with Crippen molar-refractivity contribution < 1.29 is 8.42 Å². The van der Waals surface area contributed by atoms with Crippen LogP contribution < -0.4 is 10.9 Å². The summed E-state index contributed by atoms with van der Waals surface area (Å²) in [4.78, 5) is 25.0. The first kappa shape index (κ1) is 27.7. The molecule has 0 radical (unpaired) electrons. The zero-order chi connectivity index (χ0) is 28.2. The minimum absolute atomic E-state index is 0.0794. The summed E-state index contributed by atoms with van der Waals surface area (Å²) in [6.07, 6.45) is 9.10. The van der Waals surface area contributed by atoms with Crippen molar-refractivity contribution >= 4 is 44.1 Å². The Balaban J connectivity index is 1.20. The van der Waals surface area contributed by atoms with Crippen LogP contribution in [0.2, 0.25) is 5.02 Å². The Kier molecular flexibility index (Phi) is 7.20. The molecule has 2 saturated carbocycles. The van der Waals surface area contributed by atoms with Gasteiger partial charge in [-0.1, -0.05) is 24.4 Å². The number of pyridine rings is 1. The number of aryl methyl sites for hydroxylation is 1. The molecule has 3 aliphatic rings. The van der Waals surface area contributed by atoms with Crippen molar-refractivity contribution in [2.75, 3.05) is 18.4 Å². The number of benzene rings is 1. The van der Waals surface area contributed by atoms with E-state index in [0.717, 1.165) is 75.7 Å². The number of sulfone groups is 1. The normalized spacial score (nSPS) is 20.4. The minimum Gasteiger partial charge on any atom is -0.324 e. The Morgan fingerprint density at radius 3 is 2.42 bits per heavy atom. The summed E-state index contributed by atoms with van der Waals surface area (Å²) in [6.45, 7) is 8.53. The van der Waals surface area contributed by atoms with Gasteiger partial charge in [-0.15, -0.1) is 0 Å². The molecule has 8 nitrogen and oxygen atoms in total. The molecule has 1 N–H and O–H groups in total. The molecule has 0 unspecified atom stereocenters. The highest BCUT2D eigenvalue weighted by molar-refractivity contribution is 7.92. The third kappa shape index (κ3) is 4.94. The molecule has 214 valence electrons. The molecule has 2 aromatic heterocycles. The van der Waals surface area contributed by atoms with E-state index in [2.05, 4.69) is 29.0 Å². The monoisotopic (exact) mass is 583 g/mol. The van der Waals surface area contributed by atoms with Gasteiger partial charge in [0.15, 0.2) is 9.84 Å². The molecule has 0 atom stereocenters. The first-order valence-corrected chi connectivity index (χ1v) is 16.4. The van der Waals surface area contributed by atoms with Gasteiger partial charge in [0.2, 0.25) is 5.95 Å². The lowest BCUT2D eigenvalue weighted by molar-refractivity contribution is -0.0458. The molecule has 1 aliphatic heterocycles. The molecule has 10 heteroatoms. The van der Waals surface area contributed by atoms with E-state index in [-0.39, 0.29) is 21.9 Å². The van der Waals surface area contributed by atoms with Crippen LogP contribution in [-0.4, -0.2) is 52.2 Å². The van der Waals surface area contributed by atoms with Gasteiger partial charge in [0, 0.05) is 42.4 Å². The number of fused-ring (bicyclic) bond motifs is 1. The number of anilines is 2. The molecule has 2 aliphatic carbocycles. The van der Waals surface area contributed by atoms with Gasteiger partial charge in [-0.2, -0.15) is 4.98 Å². The largest absolute Gasteiger partial charge is 0.324 e. The molecule has 1 saturated heterocycles. The van der Waals surface area contributed by atoms with E-state index in [1.54, 1.807) is 35.0 Å². The van der Waals surface area contributed by atoms with Gasteiger partial charge in [-0.3, -0.25) is 14.3 Å². The lowest BCUT2D eigenvalue weighted by Gasteiger charge is -2.55. The standard InChI is InChI=1S/C30H38ClN5O3S/c1-19(2)35-17-30(18-35)12-10-23(11-13-30)40(38,39)24-8-9-26(20(3)14-24)33-29-32-16-21-15-25(31)28(37)36(27(21)34-29)22-6-4-5-7-22/h8-9,14-16,19,22-23H,4-7,10-13,17-18H2,1-3H3,(H,32,33,34). The zero-order valence-electron chi connectivity index (χ0n) is 23.5. The van der Waals surface area contributed by atoms with Gasteiger partial charge >= 0.3 is 0 Å². The maximum absolute atomic E-state index is 13.6. The highest BCUT2D eigenvalue weighted by Gasteiger charge is 2.47. The van der Waals surface area contributed by atoms with E-state index >= 15 is 0 Å². The minimum atomic E-state index is -3.41. The Morgan fingerprint density at radius 1 is 1.07 bits per heavy atom. The second kappa shape index (κ2) is 10.4. The Hall–Kier alpha value is -2.49. The van der Waals surface area contributed by atoms with Crippen LogP contribution in [0.15, 0.2) is 40.2 Å². The first-order chi connectivity index (χ1) is 19.1. The van der Waals surface area contributed by atoms with E-state index < -0.39 is 9.84 Å². The van der Waals surface area contributed by atoms with E-state index in [0.29, 0.717) is 33.3 Å². The van der Waals surface area contributed by atoms with Gasteiger partial charge in [-0.25, -0.2) is 13.4 Å². The molecule has 0 amide bonds. The predicted molar refractivity (Wildman–Crippen MR) is 159 cm³/mol. The van der Waals surface area contributed by atoms with Gasteiger partial charge in [0.25, 0.3) is 5.56 Å². The molecule has 40 heavy (non-hydrogen) atoms. The number of halogens is 1. The summed E-state index contributed by atoms with van der Waals surface area (Å²) in [6, 6.07) is 7.49. The van der Waals surface area contributed by atoms with E-state index in [1.165, 1.54) is 0 Å². The zero-order valence-corrected chi connectivity index (χ0v) is 25.1. The third-order valence-electron chi connectivity index (χ3n) is 9.43. The summed E-state index contributed by atoms with van der Waals surface area (Å²) >= 11 is 6.25. The molecule has 1 spiro atoms. The number of likely N-dealkylation sites (tertiary alicyclic amines) is 1. The molecule has 3 aromatic rings. The van der Waals surface area contributed by atoms with Gasteiger partial charge in [0.05, 0.1) is 10.1 Å². The van der Waals surface area contributed by atoms with Crippen LogP contribution in [0.4, 0.5) is 11.6 Å². The summed E-state index contributed by atoms with van der Waals surface area (Å²) in [7, 11) is -3.41. The molecule has 6 rings (SSSR count). The number of nitrogens with one attached hydrogen (secondary N) is 1. The van der Waals surface area contributed by atoms with Gasteiger partial charge in [-0.05, 0) is 94.5 Å². The van der Waals surface area contributed by atoms with Gasteiger partial charge in [0.1, 0.15) is 10.7 Å². The number of aromatic nitrogens is 3. The van der Waals surface area contributed by atoms with Crippen molar-refractivity contribution in [1.82, 2.24) is 19.4 Å². The number of hydrogen-bond acceptors (Lipinski definition) is 7. The highest BCUT2D eigenvalue weighted by atomic mass is 35.5. The molecule has 0 bridgehead atoms. The topological polar surface area (TPSA) is 97.2 Å². The average Bonchev–Trinajstić information content (AvgIpc) is 3.44. The fourth-order valence-corrected chi connectivity index (χ4v) is 8.97. The molecular weight excluding hydrogens is 546 g/mol. The summed E-state index contributed by atoms with van der Waals surface area (Å²) in [5, 5.41) is 3.81. The molecule has 3 heterocycles. The fourth-order valence-electron chi connectivity index (χ4n) is 6.92. The van der Waals surface area contributed by atoms with Crippen molar-refractivity contribution in [2.24, 2.45) is 5.41 Å². The van der Waals surface area contributed by atoms with Crippen LogP contribution in [0.5, 0.6) is 0 Å². The van der Waals surface area contributed by atoms with Crippen molar-refractivity contribution in [3.63, 3.8) is 0 Å². The summed E-state index contributed by atoms with van der Waals surface area (Å²) in [5.74, 6) is 0.355. The lowest BCUT2D eigenvalue weighted by atomic mass is 9.68. The van der Waals surface area contributed by atoms with Crippen LogP contribution in [0.25, 0.3) is 11.0 Å². The smallest absolute Gasteiger partial charge is 0.271 e. The van der Waals surface area contributed by atoms with Crippen LogP contribution in [0.1, 0.15) is 76.8 Å². The SMILES string of the molecule is Cc1cc(S(=O)(=O)C2CCC3(CC2)CN(C(C)C)C3)ccc1Nc1ncc2cc(Cl)c(=O)n(C3CCCC3)c2n1. The molecule has 1 aromatic carbocycles. The van der Waals surface area contributed by atoms with Crippen LogP contribution >= 0.6 is 11.6 Å². The second-order valence-corrected chi connectivity index (χ2v) is 15.1. The molecule has 3 fully saturated rings. The quantitative estimate of drug-likeness (QED) is 0.378. The van der Waals surface area contributed by atoms with E-state index in [9.17, 15) is 13.2 Å². The third-order valence-corrected chi connectivity index (χ3v) is 12.0. The Morgan fingerprint density at radius 2 is 1.77 bits per heavy atom. The van der Waals surface area contributed by atoms with Crippen LogP contribution in [-0.2, 0) is 9.84 Å². The van der Waals surface area contributed by atoms with E-state index in [4.69, 9.17) is 16.6 Å². The second-order valence-electron chi connectivity index (χ2n) is 12.4.